The van der Waals surface area contributed by atoms with E-state index in [9.17, 15) is 4.79 Å². The first-order valence-electron chi connectivity index (χ1n) is 5.42. The van der Waals surface area contributed by atoms with Gasteiger partial charge in [-0.05, 0) is 44.0 Å². The zero-order valence-electron chi connectivity index (χ0n) is 9.78. The zero-order valence-corrected chi connectivity index (χ0v) is 9.78. The molecule has 0 amide bonds. The van der Waals surface area contributed by atoms with Crippen LogP contribution in [0.3, 0.4) is 0 Å². The molecule has 0 N–H and O–H groups in total. The third kappa shape index (κ3) is 1.86. The highest BCUT2D eigenvalue weighted by Gasteiger charge is 2.24. The molecule has 0 aliphatic carbocycles. The number of isocyanates is 1. The van der Waals surface area contributed by atoms with Crippen LogP contribution in [0.4, 0.5) is 0 Å². The van der Waals surface area contributed by atoms with E-state index in [1.807, 2.05) is 32.9 Å². The summed E-state index contributed by atoms with van der Waals surface area (Å²) in [6.45, 7) is 5.85. The minimum atomic E-state index is -0.511. The molecule has 1 heterocycles. The monoisotopic (exact) mass is 217 g/mol. The summed E-state index contributed by atoms with van der Waals surface area (Å²) >= 11 is 0. The maximum atomic E-state index is 10.4. The summed E-state index contributed by atoms with van der Waals surface area (Å²) in [5.74, 6) is 0.946. The maximum Gasteiger partial charge on any atom is 0.235 e. The van der Waals surface area contributed by atoms with Crippen molar-refractivity contribution in [1.29, 1.82) is 0 Å². The molecule has 0 fully saturated rings. The van der Waals surface area contributed by atoms with Gasteiger partial charge in [-0.3, -0.25) is 0 Å². The molecule has 2 rings (SSSR count). The summed E-state index contributed by atoms with van der Waals surface area (Å²) < 4.78 is 5.63. The second-order valence-electron chi connectivity index (χ2n) is 4.72. The molecule has 0 bridgehead atoms. The Kier molecular flexibility index (Phi) is 2.56. The van der Waals surface area contributed by atoms with Gasteiger partial charge in [0.05, 0.1) is 5.54 Å². The fourth-order valence-corrected chi connectivity index (χ4v) is 1.98. The summed E-state index contributed by atoms with van der Waals surface area (Å²) in [4.78, 5) is 14.2. The average Bonchev–Trinajstić information content (AvgIpc) is 2.56. The van der Waals surface area contributed by atoms with Crippen LogP contribution in [0.2, 0.25) is 0 Å². The van der Waals surface area contributed by atoms with Crippen LogP contribution < -0.4 is 4.74 Å². The first-order valence-corrected chi connectivity index (χ1v) is 5.42. The quantitative estimate of drug-likeness (QED) is 0.564. The molecule has 1 atom stereocenters. The first-order chi connectivity index (χ1) is 7.53. The minimum absolute atomic E-state index is 0.239. The van der Waals surface area contributed by atoms with Crippen LogP contribution in [0.25, 0.3) is 0 Å². The molecule has 1 aromatic rings. The van der Waals surface area contributed by atoms with E-state index in [1.165, 1.54) is 5.56 Å². The lowest BCUT2D eigenvalue weighted by atomic mass is 9.93. The molecule has 1 aromatic carbocycles. The fraction of sp³-hybridized carbons (Fsp3) is 0.462. The van der Waals surface area contributed by atoms with Crippen molar-refractivity contribution in [3.8, 4) is 5.75 Å². The molecule has 0 spiro atoms. The predicted octanol–water partition coefficient (Wildman–Crippen LogP) is 2.58. The smallest absolute Gasteiger partial charge is 0.235 e. The summed E-state index contributed by atoms with van der Waals surface area (Å²) in [5.41, 5.74) is 1.70. The number of rotatable bonds is 2. The van der Waals surface area contributed by atoms with E-state index in [2.05, 4.69) is 11.1 Å². The van der Waals surface area contributed by atoms with Gasteiger partial charge in [0.25, 0.3) is 0 Å². The van der Waals surface area contributed by atoms with Crippen molar-refractivity contribution in [2.24, 2.45) is 4.99 Å². The van der Waals surface area contributed by atoms with Gasteiger partial charge in [-0.2, -0.15) is 4.99 Å². The minimum Gasteiger partial charge on any atom is -0.490 e. The summed E-state index contributed by atoms with van der Waals surface area (Å²) in [6.07, 6.45) is 2.79. The van der Waals surface area contributed by atoms with Gasteiger partial charge in [-0.1, -0.05) is 6.07 Å². The number of ether oxygens (including phenoxy) is 1. The van der Waals surface area contributed by atoms with Crippen molar-refractivity contribution in [3.05, 3.63) is 29.3 Å². The molecule has 0 aromatic heterocycles. The van der Waals surface area contributed by atoms with Gasteiger partial charge in [-0.15, -0.1) is 0 Å². The van der Waals surface area contributed by atoms with E-state index < -0.39 is 5.54 Å². The average molecular weight is 217 g/mol. The molecule has 1 aliphatic heterocycles. The highest BCUT2D eigenvalue weighted by atomic mass is 16.5. The van der Waals surface area contributed by atoms with Crippen molar-refractivity contribution < 1.29 is 9.53 Å². The molecule has 0 radical (unpaired) electrons. The van der Waals surface area contributed by atoms with Crippen LogP contribution in [0.1, 0.15) is 31.9 Å². The lowest BCUT2D eigenvalue weighted by Gasteiger charge is -2.18. The van der Waals surface area contributed by atoms with Crippen LogP contribution in [0.15, 0.2) is 23.2 Å². The predicted molar refractivity (Wildman–Crippen MR) is 61.4 cm³/mol. The molecule has 1 unspecified atom stereocenters. The molecular formula is C13H15NO2. The fourth-order valence-electron chi connectivity index (χ4n) is 1.98. The van der Waals surface area contributed by atoms with E-state index in [-0.39, 0.29) is 6.10 Å². The SMILES string of the molecule is CC1Cc2cc(C(C)(C)N=C=O)ccc2O1. The number of hydrogen-bond acceptors (Lipinski definition) is 3. The van der Waals surface area contributed by atoms with E-state index >= 15 is 0 Å². The van der Waals surface area contributed by atoms with Crippen LogP contribution in [0.5, 0.6) is 5.75 Å². The highest BCUT2D eigenvalue weighted by molar-refractivity contribution is 5.44. The van der Waals surface area contributed by atoms with Gasteiger partial charge in [0, 0.05) is 6.42 Å². The second kappa shape index (κ2) is 3.76. The number of benzene rings is 1. The van der Waals surface area contributed by atoms with Gasteiger partial charge in [0.15, 0.2) is 0 Å². The Balaban J connectivity index is 2.39. The lowest BCUT2D eigenvalue weighted by molar-refractivity contribution is 0.254. The van der Waals surface area contributed by atoms with Gasteiger partial charge >= 0.3 is 0 Å². The number of aliphatic imine (C=N–C) groups is 1. The van der Waals surface area contributed by atoms with Crippen molar-refractivity contribution >= 4 is 6.08 Å². The summed E-state index contributed by atoms with van der Waals surface area (Å²) in [7, 11) is 0. The van der Waals surface area contributed by atoms with Crippen molar-refractivity contribution in [1.82, 2.24) is 0 Å². The molecule has 84 valence electrons. The Morgan fingerprint density at radius 3 is 2.94 bits per heavy atom. The molecular weight excluding hydrogens is 202 g/mol. The number of nitrogens with zero attached hydrogens (tertiary/aromatic N) is 1. The third-order valence-corrected chi connectivity index (χ3v) is 2.93. The Hall–Kier alpha value is -1.60. The van der Waals surface area contributed by atoms with E-state index in [0.717, 1.165) is 17.7 Å². The van der Waals surface area contributed by atoms with Crippen molar-refractivity contribution in [2.45, 2.75) is 38.8 Å². The molecule has 0 saturated heterocycles. The van der Waals surface area contributed by atoms with Gasteiger partial charge in [0.1, 0.15) is 11.9 Å². The lowest BCUT2D eigenvalue weighted by Crippen LogP contribution is -2.13. The number of carbonyl (C=O) groups excluding carboxylic acids is 1. The van der Waals surface area contributed by atoms with Crippen LogP contribution in [-0.4, -0.2) is 12.2 Å². The van der Waals surface area contributed by atoms with Crippen LogP contribution in [0, 0.1) is 0 Å². The first kappa shape index (κ1) is 10.9. The molecule has 3 nitrogen and oxygen atoms in total. The Labute approximate surface area is 95.2 Å². The van der Waals surface area contributed by atoms with Crippen LogP contribution in [-0.2, 0) is 16.8 Å². The van der Waals surface area contributed by atoms with Gasteiger partial charge in [0.2, 0.25) is 6.08 Å². The topological polar surface area (TPSA) is 38.7 Å². The molecule has 1 aliphatic rings. The normalized spacial score (nSPS) is 18.6. The summed E-state index contributed by atoms with van der Waals surface area (Å²) in [5, 5.41) is 0. The largest absolute Gasteiger partial charge is 0.490 e. The molecule has 3 heteroatoms. The maximum absolute atomic E-state index is 10.4. The summed E-state index contributed by atoms with van der Waals surface area (Å²) in [6, 6.07) is 5.98. The molecule has 16 heavy (non-hydrogen) atoms. The highest BCUT2D eigenvalue weighted by Crippen LogP contribution is 2.33. The van der Waals surface area contributed by atoms with E-state index in [1.54, 1.807) is 6.08 Å². The van der Waals surface area contributed by atoms with Crippen molar-refractivity contribution in [3.63, 3.8) is 0 Å². The third-order valence-electron chi connectivity index (χ3n) is 2.93. The Bertz CT molecular complexity index is 459. The standard InChI is InChI=1S/C13H15NO2/c1-9-6-10-7-11(4-5-12(10)16-9)13(2,3)14-8-15/h4-5,7,9H,6H2,1-3H3. The number of hydrogen-bond donors (Lipinski definition) is 0. The second-order valence-corrected chi connectivity index (χ2v) is 4.72. The van der Waals surface area contributed by atoms with Gasteiger partial charge in [-0.25, -0.2) is 4.79 Å². The van der Waals surface area contributed by atoms with Crippen LogP contribution >= 0.6 is 0 Å². The Morgan fingerprint density at radius 1 is 1.50 bits per heavy atom. The molecule has 0 saturated carbocycles. The zero-order chi connectivity index (χ0) is 11.8. The number of fused-ring (bicyclic) bond motifs is 1. The van der Waals surface area contributed by atoms with E-state index in [0.29, 0.717) is 0 Å². The Morgan fingerprint density at radius 2 is 2.25 bits per heavy atom. The van der Waals surface area contributed by atoms with Gasteiger partial charge < -0.3 is 4.74 Å². The van der Waals surface area contributed by atoms with E-state index in [4.69, 9.17) is 4.74 Å². The van der Waals surface area contributed by atoms with Crippen molar-refractivity contribution in [2.75, 3.05) is 0 Å².